The molecule has 0 aliphatic heterocycles. The number of nitrogens with one attached hydrogen (secondary N) is 2. The fourth-order valence-corrected chi connectivity index (χ4v) is 2.10. The maximum atomic E-state index is 5.91. The van der Waals surface area contributed by atoms with Gasteiger partial charge in [-0.1, -0.05) is 0 Å². The molecule has 3 rings (SSSR count). The van der Waals surface area contributed by atoms with Crippen LogP contribution >= 0.6 is 11.6 Å². The van der Waals surface area contributed by atoms with Crippen molar-refractivity contribution in [2.75, 3.05) is 19.5 Å². The molecule has 0 amide bonds. The van der Waals surface area contributed by atoms with Gasteiger partial charge in [0, 0.05) is 6.07 Å². The fraction of sp³-hybridized carbons (Fsp3) is 0.154. The SMILES string of the molecule is COc1ccc(OC)c(Nc2nc(Cl)nc3nc[nH]c23)c1. The van der Waals surface area contributed by atoms with E-state index in [0.717, 1.165) is 0 Å². The predicted octanol–water partition coefficient (Wildman–Crippen LogP) is 2.77. The molecule has 0 bridgehead atoms. The summed E-state index contributed by atoms with van der Waals surface area (Å²) in [5.41, 5.74) is 1.84. The van der Waals surface area contributed by atoms with Crippen LogP contribution in [-0.4, -0.2) is 34.2 Å². The Labute approximate surface area is 125 Å². The number of methoxy groups -OCH3 is 2. The van der Waals surface area contributed by atoms with E-state index in [1.54, 1.807) is 26.4 Å². The number of aromatic nitrogens is 4. The molecular formula is C13H12ClN5O2. The molecular weight excluding hydrogens is 294 g/mol. The Morgan fingerprint density at radius 1 is 1.19 bits per heavy atom. The summed E-state index contributed by atoms with van der Waals surface area (Å²) in [6.45, 7) is 0. The molecule has 0 saturated heterocycles. The molecule has 1 aromatic carbocycles. The number of H-pyrrole nitrogens is 1. The minimum atomic E-state index is 0.110. The number of hydrogen-bond donors (Lipinski definition) is 2. The van der Waals surface area contributed by atoms with E-state index in [1.165, 1.54) is 6.33 Å². The van der Waals surface area contributed by atoms with Crippen molar-refractivity contribution in [3.63, 3.8) is 0 Å². The number of imidazole rings is 1. The molecule has 0 fully saturated rings. The third-order valence-corrected chi connectivity index (χ3v) is 3.09. The van der Waals surface area contributed by atoms with Crippen molar-refractivity contribution < 1.29 is 9.47 Å². The standard InChI is InChI=1S/C13H12ClN5O2/c1-20-7-3-4-9(21-2)8(5-7)17-12-10-11(16-6-15-10)18-13(14)19-12/h3-6H,1-2H3,(H2,15,16,17,18,19). The Balaban J connectivity index is 2.07. The topological polar surface area (TPSA) is 84.9 Å². The van der Waals surface area contributed by atoms with Gasteiger partial charge in [0.25, 0.3) is 0 Å². The molecule has 2 heterocycles. The van der Waals surface area contributed by atoms with Crippen molar-refractivity contribution in [3.8, 4) is 11.5 Å². The van der Waals surface area contributed by atoms with Crippen LogP contribution in [-0.2, 0) is 0 Å². The van der Waals surface area contributed by atoms with Gasteiger partial charge in [0.15, 0.2) is 11.5 Å². The number of halogens is 1. The van der Waals surface area contributed by atoms with E-state index in [9.17, 15) is 0 Å². The first-order valence-electron chi connectivity index (χ1n) is 6.07. The molecule has 2 N–H and O–H groups in total. The van der Waals surface area contributed by atoms with Crippen molar-refractivity contribution in [2.45, 2.75) is 0 Å². The van der Waals surface area contributed by atoms with Crippen LogP contribution in [0.4, 0.5) is 11.5 Å². The molecule has 108 valence electrons. The van der Waals surface area contributed by atoms with E-state index in [4.69, 9.17) is 21.1 Å². The summed E-state index contributed by atoms with van der Waals surface area (Å²) in [4.78, 5) is 15.2. The second-order valence-corrected chi connectivity index (χ2v) is 4.47. The van der Waals surface area contributed by atoms with Crippen LogP contribution in [0, 0.1) is 0 Å². The van der Waals surface area contributed by atoms with Crippen LogP contribution in [0.3, 0.4) is 0 Å². The maximum Gasteiger partial charge on any atom is 0.226 e. The number of rotatable bonds is 4. The zero-order valence-corrected chi connectivity index (χ0v) is 12.1. The zero-order chi connectivity index (χ0) is 14.8. The molecule has 21 heavy (non-hydrogen) atoms. The van der Waals surface area contributed by atoms with Crippen LogP contribution in [0.5, 0.6) is 11.5 Å². The first-order chi connectivity index (χ1) is 10.2. The van der Waals surface area contributed by atoms with Crippen LogP contribution in [0.1, 0.15) is 0 Å². The average Bonchev–Trinajstić information content (AvgIpc) is 2.95. The van der Waals surface area contributed by atoms with E-state index in [0.29, 0.717) is 34.2 Å². The van der Waals surface area contributed by atoms with Crippen LogP contribution in [0.25, 0.3) is 11.2 Å². The van der Waals surface area contributed by atoms with Crippen molar-refractivity contribution in [2.24, 2.45) is 0 Å². The normalized spacial score (nSPS) is 10.6. The fourth-order valence-electron chi connectivity index (χ4n) is 1.94. The van der Waals surface area contributed by atoms with Gasteiger partial charge in [-0.25, -0.2) is 4.98 Å². The Hall–Kier alpha value is -2.54. The number of anilines is 2. The Kier molecular flexibility index (Phi) is 3.49. The highest BCUT2D eigenvalue weighted by molar-refractivity contribution is 6.28. The van der Waals surface area contributed by atoms with E-state index < -0.39 is 0 Å². The Bertz CT molecular complexity index is 789. The summed E-state index contributed by atoms with van der Waals surface area (Å²) in [5, 5.41) is 3.27. The summed E-state index contributed by atoms with van der Waals surface area (Å²) < 4.78 is 10.5. The van der Waals surface area contributed by atoms with Crippen molar-refractivity contribution in [1.29, 1.82) is 0 Å². The van der Waals surface area contributed by atoms with Crippen molar-refractivity contribution in [1.82, 2.24) is 19.9 Å². The lowest BCUT2D eigenvalue weighted by Crippen LogP contribution is -2.00. The molecule has 0 radical (unpaired) electrons. The van der Waals surface area contributed by atoms with Gasteiger partial charge in [0.1, 0.15) is 17.0 Å². The van der Waals surface area contributed by atoms with Gasteiger partial charge >= 0.3 is 0 Å². The second kappa shape index (κ2) is 5.45. The Morgan fingerprint density at radius 2 is 2.05 bits per heavy atom. The Morgan fingerprint density at radius 3 is 2.81 bits per heavy atom. The molecule has 8 heteroatoms. The zero-order valence-electron chi connectivity index (χ0n) is 11.3. The van der Waals surface area contributed by atoms with E-state index in [-0.39, 0.29) is 5.28 Å². The average molecular weight is 306 g/mol. The van der Waals surface area contributed by atoms with E-state index in [2.05, 4.69) is 25.3 Å². The van der Waals surface area contributed by atoms with Gasteiger partial charge in [-0.2, -0.15) is 9.97 Å². The molecule has 7 nitrogen and oxygen atoms in total. The quantitative estimate of drug-likeness (QED) is 0.721. The summed E-state index contributed by atoms with van der Waals surface area (Å²) in [5.74, 6) is 1.85. The van der Waals surface area contributed by atoms with Gasteiger partial charge in [-0.05, 0) is 23.7 Å². The number of aromatic amines is 1. The number of hydrogen-bond acceptors (Lipinski definition) is 6. The summed E-state index contributed by atoms with van der Waals surface area (Å²) >= 11 is 5.91. The predicted molar refractivity (Wildman–Crippen MR) is 79.5 cm³/mol. The van der Waals surface area contributed by atoms with Gasteiger partial charge in [0.05, 0.1) is 26.2 Å². The van der Waals surface area contributed by atoms with Gasteiger partial charge in [-0.15, -0.1) is 0 Å². The lowest BCUT2D eigenvalue weighted by molar-refractivity contribution is 0.405. The number of ether oxygens (including phenoxy) is 2. The van der Waals surface area contributed by atoms with Gasteiger partial charge < -0.3 is 19.8 Å². The van der Waals surface area contributed by atoms with Crippen LogP contribution < -0.4 is 14.8 Å². The molecule has 0 spiro atoms. The van der Waals surface area contributed by atoms with Gasteiger partial charge in [-0.3, -0.25) is 0 Å². The van der Waals surface area contributed by atoms with Gasteiger partial charge in [0.2, 0.25) is 5.28 Å². The molecule has 0 unspecified atom stereocenters. The van der Waals surface area contributed by atoms with Crippen LogP contribution in [0.2, 0.25) is 5.28 Å². The van der Waals surface area contributed by atoms with E-state index in [1.807, 2.05) is 6.07 Å². The third kappa shape index (κ3) is 2.55. The minimum Gasteiger partial charge on any atom is -0.497 e. The molecule has 3 aromatic rings. The maximum absolute atomic E-state index is 5.91. The molecule has 2 aromatic heterocycles. The monoisotopic (exact) mass is 305 g/mol. The highest BCUT2D eigenvalue weighted by atomic mass is 35.5. The summed E-state index contributed by atoms with van der Waals surface area (Å²) in [6, 6.07) is 5.41. The molecule has 0 atom stereocenters. The minimum absolute atomic E-state index is 0.110. The van der Waals surface area contributed by atoms with Crippen LogP contribution in [0.15, 0.2) is 24.5 Å². The first-order valence-corrected chi connectivity index (χ1v) is 6.44. The smallest absolute Gasteiger partial charge is 0.226 e. The van der Waals surface area contributed by atoms with Crippen molar-refractivity contribution >= 4 is 34.3 Å². The second-order valence-electron chi connectivity index (χ2n) is 4.13. The molecule has 0 saturated carbocycles. The third-order valence-electron chi connectivity index (χ3n) is 2.92. The van der Waals surface area contributed by atoms with Crippen molar-refractivity contribution in [3.05, 3.63) is 29.8 Å². The molecule has 0 aliphatic rings. The largest absolute Gasteiger partial charge is 0.497 e. The highest BCUT2D eigenvalue weighted by Gasteiger charge is 2.12. The lowest BCUT2D eigenvalue weighted by Gasteiger charge is -2.12. The van der Waals surface area contributed by atoms with E-state index >= 15 is 0 Å². The lowest BCUT2D eigenvalue weighted by atomic mass is 10.2. The number of nitrogens with zero attached hydrogens (tertiary/aromatic N) is 3. The first kappa shape index (κ1) is 13.4. The molecule has 0 aliphatic carbocycles. The number of benzene rings is 1. The summed E-state index contributed by atoms with van der Waals surface area (Å²) in [6.07, 6.45) is 1.53. The number of fused-ring (bicyclic) bond motifs is 1. The highest BCUT2D eigenvalue weighted by Crippen LogP contribution is 2.32. The summed E-state index contributed by atoms with van der Waals surface area (Å²) in [7, 11) is 3.19.